The molecule has 1 rings (SSSR count). The monoisotopic (exact) mass is 149 g/mol. The zero-order chi connectivity index (χ0) is 6.69. The Bertz CT molecular complexity index is 203. The van der Waals surface area contributed by atoms with Crippen LogP contribution in [0.25, 0.3) is 0 Å². The maximum atomic E-state index is 12.5. The molecule has 0 spiro atoms. The molecule has 50 valence electrons. The van der Waals surface area contributed by atoms with E-state index in [0.29, 0.717) is 5.56 Å². The van der Waals surface area contributed by atoms with E-state index in [9.17, 15) is 4.39 Å². The van der Waals surface area contributed by atoms with E-state index in [1.807, 2.05) is 0 Å². The second-order valence-electron chi connectivity index (χ2n) is 1.80. The SMILES string of the molecule is NCc1ccccc1F.[NaH]. The van der Waals surface area contributed by atoms with Crippen molar-refractivity contribution in [3.05, 3.63) is 35.6 Å². The second-order valence-corrected chi connectivity index (χ2v) is 1.80. The molecule has 0 aliphatic carbocycles. The van der Waals surface area contributed by atoms with Crippen LogP contribution in [0.2, 0.25) is 0 Å². The van der Waals surface area contributed by atoms with Crippen LogP contribution in [0, 0.1) is 5.82 Å². The van der Waals surface area contributed by atoms with Crippen molar-refractivity contribution in [2.75, 3.05) is 0 Å². The summed E-state index contributed by atoms with van der Waals surface area (Å²) < 4.78 is 12.5. The molecule has 3 heteroatoms. The van der Waals surface area contributed by atoms with Crippen molar-refractivity contribution in [1.82, 2.24) is 0 Å². The predicted molar refractivity (Wildman–Crippen MR) is 41.4 cm³/mol. The van der Waals surface area contributed by atoms with E-state index in [1.54, 1.807) is 18.2 Å². The fourth-order valence-electron chi connectivity index (χ4n) is 0.664. The molecule has 0 heterocycles. The molecule has 0 saturated carbocycles. The molecular weight excluding hydrogens is 140 g/mol. The molecule has 10 heavy (non-hydrogen) atoms. The third-order valence-electron chi connectivity index (χ3n) is 1.18. The van der Waals surface area contributed by atoms with Crippen LogP contribution in [0.15, 0.2) is 24.3 Å². The first-order valence-corrected chi connectivity index (χ1v) is 2.78. The maximum absolute atomic E-state index is 12.5. The zero-order valence-corrected chi connectivity index (χ0v) is 4.97. The number of halogens is 1. The van der Waals surface area contributed by atoms with Crippen molar-refractivity contribution in [1.29, 1.82) is 0 Å². The summed E-state index contributed by atoms with van der Waals surface area (Å²) in [5, 5.41) is 0. The van der Waals surface area contributed by atoms with E-state index in [0.717, 1.165) is 0 Å². The number of hydrogen-bond acceptors (Lipinski definition) is 1. The molecule has 1 aromatic rings. The summed E-state index contributed by atoms with van der Waals surface area (Å²) in [4.78, 5) is 0. The third kappa shape index (κ3) is 2.39. The number of benzene rings is 1. The summed E-state index contributed by atoms with van der Waals surface area (Å²) in [5.41, 5.74) is 5.78. The Morgan fingerprint density at radius 2 is 1.90 bits per heavy atom. The molecule has 0 atom stereocenters. The topological polar surface area (TPSA) is 26.0 Å². The molecule has 0 fully saturated rings. The first-order chi connectivity index (χ1) is 4.34. The van der Waals surface area contributed by atoms with Crippen LogP contribution in [0.4, 0.5) is 4.39 Å². The number of rotatable bonds is 1. The van der Waals surface area contributed by atoms with Gasteiger partial charge in [-0.15, -0.1) is 0 Å². The van der Waals surface area contributed by atoms with Gasteiger partial charge in [-0.25, -0.2) is 4.39 Å². The molecule has 0 amide bonds. The Hall–Kier alpha value is 0.110. The van der Waals surface area contributed by atoms with Gasteiger partial charge in [0.05, 0.1) is 0 Å². The van der Waals surface area contributed by atoms with Crippen molar-refractivity contribution >= 4 is 29.6 Å². The molecule has 0 bridgehead atoms. The first kappa shape index (κ1) is 10.1. The standard InChI is InChI=1S/C7H8FN.Na.H/c8-7-4-2-1-3-6(7)5-9;;/h1-4H,5,9H2;;. The molecule has 1 nitrogen and oxygen atoms in total. The van der Waals surface area contributed by atoms with Crippen molar-refractivity contribution in [3.8, 4) is 0 Å². The van der Waals surface area contributed by atoms with Gasteiger partial charge in [-0.05, 0) is 6.07 Å². The quantitative estimate of drug-likeness (QED) is 0.582. The number of hydrogen-bond donors (Lipinski definition) is 1. The number of nitrogens with two attached hydrogens (primary N) is 1. The molecule has 0 aliphatic heterocycles. The Morgan fingerprint density at radius 1 is 1.30 bits per heavy atom. The Balaban J connectivity index is 0.000000810. The van der Waals surface area contributed by atoms with Crippen LogP contribution in [-0.2, 0) is 6.54 Å². The van der Waals surface area contributed by atoms with Gasteiger partial charge in [0.25, 0.3) is 0 Å². The molecule has 0 aliphatic rings. The summed E-state index contributed by atoms with van der Waals surface area (Å²) in [5.74, 6) is -0.222. The first-order valence-electron chi connectivity index (χ1n) is 2.78. The molecular formula is C7H9FNNa. The third-order valence-corrected chi connectivity index (χ3v) is 1.18. The van der Waals surface area contributed by atoms with Crippen LogP contribution < -0.4 is 5.73 Å². The summed E-state index contributed by atoms with van der Waals surface area (Å²) in [6, 6.07) is 6.50. The average molecular weight is 149 g/mol. The van der Waals surface area contributed by atoms with Gasteiger partial charge >= 0.3 is 29.6 Å². The van der Waals surface area contributed by atoms with Crippen molar-refractivity contribution in [2.24, 2.45) is 5.73 Å². The van der Waals surface area contributed by atoms with Crippen molar-refractivity contribution in [3.63, 3.8) is 0 Å². The van der Waals surface area contributed by atoms with Gasteiger partial charge < -0.3 is 5.73 Å². The van der Waals surface area contributed by atoms with Crippen LogP contribution in [0.3, 0.4) is 0 Å². The average Bonchev–Trinajstić information content (AvgIpc) is 1.89. The van der Waals surface area contributed by atoms with E-state index in [2.05, 4.69) is 0 Å². The van der Waals surface area contributed by atoms with E-state index in [1.165, 1.54) is 6.07 Å². The molecule has 0 unspecified atom stereocenters. The summed E-state index contributed by atoms with van der Waals surface area (Å²) in [6.45, 7) is 0.271. The van der Waals surface area contributed by atoms with Crippen LogP contribution in [-0.4, -0.2) is 29.6 Å². The Labute approximate surface area is 81.7 Å². The van der Waals surface area contributed by atoms with Gasteiger partial charge in [0, 0.05) is 12.1 Å². The predicted octanol–water partition coefficient (Wildman–Crippen LogP) is 0.636. The van der Waals surface area contributed by atoms with Gasteiger partial charge in [-0.2, -0.15) is 0 Å². The van der Waals surface area contributed by atoms with E-state index >= 15 is 0 Å². The van der Waals surface area contributed by atoms with Crippen LogP contribution >= 0.6 is 0 Å². The van der Waals surface area contributed by atoms with Gasteiger partial charge in [0.1, 0.15) is 5.82 Å². The van der Waals surface area contributed by atoms with E-state index < -0.39 is 0 Å². The fourth-order valence-corrected chi connectivity index (χ4v) is 0.664. The molecule has 0 aromatic heterocycles. The van der Waals surface area contributed by atoms with Gasteiger partial charge in [0.15, 0.2) is 0 Å². The van der Waals surface area contributed by atoms with Crippen LogP contribution in [0.5, 0.6) is 0 Å². The van der Waals surface area contributed by atoms with E-state index in [4.69, 9.17) is 5.73 Å². The fraction of sp³-hybridized carbons (Fsp3) is 0.143. The summed E-state index contributed by atoms with van der Waals surface area (Å²) in [6.07, 6.45) is 0. The Morgan fingerprint density at radius 3 is 2.30 bits per heavy atom. The van der Waals surface area contributed by atoms with Gasteiger partial charge in [-0.1, -0.05) is 18.2 Å². The molecule has 2 N–H and O–H groups in total. The van der Waals surface area contributed by atoms with Crippen molar-refractivity contribution in [2.45, 2.75) is 6.54 Å². The van der Waals surface area contributed by atoms with Gasteiger partial charge in [-0.3, -0.25) is 0 Å². The van der Waals surface area contributed by atoms with Crippen molar-refractivity contribution < 1.29 is 4.39 Å². The summed E-state index contributed by atoms with van der Waals surface area (Å²) >= 11 is 0. The minimum atomic E-state index is -0.222. The molecule has 0 radical (unpaired) electrons. The second kappa shape index (κ2) is 4.85. The zero-order valence-electron chi connectivity index (χ0n) is 4.97. The summed E-state index contributed by atoms with van der Waals surface area (Å²) in [7, 11) is 0. The molecule has 0 saturated heterocycles. The van der Waals surface area contributed by atoms with Crippen LogP contribution in [0.1, 0.15) is 5.56 Å². The van der Waals surface area contributed by atoms with Gasteiger partial charge in [0.2, 0.25) is 0 Å². The normalized spacial score (nSPS) is 8.60. The molecule has 1 aromatic carbocycles. The van der Waals surface area contributed by atoms with E-state index in [-0.39, 0.29) is 41.9 Å². The minimum absolute atomic E-state index is 0. The Kier molecular flexibility index (Phi) is 4.91.